The molecule has 0 aromatic heterocycles. The van der Waals surface area contributed by atoms with Crippen LogP contribution in [0, 0.1) is 11.8 Å². The van der Waals surface area contributed by atoms with Gasteiger partial charge in [-0.25, -0.2) is 0 Å². The van der Waals surface area contributed by atoms with E-state index in [-0.39, 0.29) is 24.0 Å². The van der Waals surface area contributed by atoms with Gasteiger partial charge in [-0.2, -0.15) is 0 Å². The minimum atomic E-state index is 0. The van der Waals surface area contributed by atoms with Gasteiger partial charge in [-0.3, -0.25) is 4.99 Å². The van der Waals surface area contributed by atoms with Gasteiger partial charge in [0.05, 0.1) is 0 Å². The Morgan fingerprint density at radius 1 is 1.05 bits per heavy atom. The minimum absolute atomic E-state index is 0. The average Bonchev–Trinajstić information content (AvgIpc) is 2.48. The molecule has 3 fully saturated rings. The van der Waals surface area contributed by atoms with Crippen LogP contribution in [-0.2, 0) is 0 Å². The number of aliphatic imine (C=N–C) groups is 1. The molecular weight excluding hydrogens is 387 g/mol. The highest BCUT2D eigenvalue weighted by atomic mass is 127. The number of guanidine groups is 1. The number of nitrogens with one attached hydrogen (secondary N) is 2. The van der Waals surface area contributed by atoms with E-state index in [0.29, 0.717) is 6.04 Å². The second-order valence-corrected chi connectivity index (χ2v) is 7.15. The number of likely N-dealkylation sites (tertiary alicyclic amines) is 1. The Morgan fingerprint density at radius 2 is 1.82 bits per heavy atom. The summed E-state index contributed by atoms with van der Waals surface area (Å²) in [5, 5.41) is 7.15. The zero-order valence-electron chi connectivity index (χ0n) is 14.0. The summed E-state index contributed by atoms with van der Waals surface area (Å²) < 4.78 is 0. The molecule has 0 aromatic carbocycles. The van der Waals surface area contributed by atoms with Crippen molar-refractivity contribution in [3.63, 3.8) is 0 Å². The van der Waals surface area contributed by atoms with Crippen LogP contribution in [0.3, 0.4) is 0 Å². The second kappa shape index (κ2) is 9.30. The van der Waals surface area contributed by atoms with Crippen molar-refractivity contribution < 1.29 is 0 Å². The number of hydrogen-bond acceptors (Lipinski definition) is 2. The van der Waals surface area contributed by atoms with Gasteiger partial charge in [-0.1, -0.05) is 25.7 Å². The van der Waals surface area contributed by atoms with E-state index in [1.54, 1.807) is 0 Å². The lowest BCUT2D eigenvalue weighted by Gasteiger charge is -2.40. The largest absolute Gasteiger partial charge is 0.355 e. The first-order valence-corrected chi connectivity index (χ1v) is 9.04. The van der Waals surface area contributed by atoms with E-state index >= 15 is 0 Å². The lowest BCUT2D eigenvalue weighted by Crippen LogP contribution is -2.49. The Bertz CT molecular complexity index is 357. The summed E-state index contributed by atoms with van der Waals surface area (Å²) in [4.78, 5) is 6.90. The summed E-state index contributed by atoms with van der Waals surface area (Å²) in [7, 11) is 1.89. The van der Waals surface area contributed by atoms with Crippen molar-refractivity contribution in [1.82, 2.24) is 15.5 Å². The number of halogens is 1. The van der Waals surface area contributed by atoms with Crippen molar-refractivity contribution in [3.05, 3.63) is 0 Å². The molecule has 4 nitrogen and oxygen atoms in total. The van der Waals surface area contributed by atoms with Crippen LogP contribution in [0.5, 0.6) is 0 Å². The topological polar surface area (TPSA) is 39.7 Å². The molecule has 3 rings (SSSR count). The lowest BCUT2D eigenvalue weighted by atomic mass is 9.69. The van der Waals surface area contributed by atoms with Gasteiger partial charge in [-0.15, -0.1) is 24.0 Å². The summed E-state index contributed by atoms with van der Waals surface area (Å²) >= 11 is 0. The lowest BCUT2D eigenvalue weighted by molar-refractivity contribution is 0.150. The molecule has 1 heterocycles. The second-order valence-electron chi connectivity index (χ2n) is 7.15. The van der Waals surface area contributed by atoms with Crippen molar-refractivity contribution in [2.75, 3.05) is 33.2 Å². The van der Waals surface area contributed by atoms with Crippen molar-refractivity contribution in [2.24, 2.45) is 16.8 Å². The fraction of sp³-hybridized carbons (Fsp3) is 0.941. The number of hydrogen-bond donors (Lipinski definition) is 2. The molecule has 1 saturated heterocycles. The molecule has 1 aliphatic heterocycles. The van der Waals surface area contributed by atoms with Crippen LogP contribution in [0.2, 0.25) is 0 Å². The van der Waals surface area contributed by atoms with Crippen molar-refractivity contribution in [3.8, 4) is 0 Å². The number of fused-ring (bicyclic) bond motifs is 1. The standard InChI is InChI=1S/C17H32N4.HI/c1-18-17(19-9-12-21-10-4-11-21)20-16-8-7-14-5-2-3-6-15(14)13-16;/h14-16H,2-13H2,1H3,(H2,18,19,20);1H. The van der Waals surface area contributed by atoms with Crippen LogP contribution >= 0.6 is 24.0 Å². The molecule has 0 amide bonds. The van der Waals surface area contributed by atoms with Gasteiger partial charge in [0.2, 0.25) is 0 Å². The molecule has 22 heavy (non-hydrogen) atoms. The Labute approximate surface area is 152 Å². The minimum Gasteiger partial charge on any atom is -0.355 e. The third kappa shape index (κ3) is 4.98. The van der Waals surface area contributed by atoms with Crippen molar-refractivity contribution >= 4 is 29.9 Å². The first-order chi connectivity index (χ1) is 10.3. The molecule has 128 valence electrons. The third-order valence-corrected chi connectivity index (χ3v) is 5.77. The zero-order chi connectivity index (χ0) is 14.5. The molecule has 0 bridgehead atoms. The Morgan fingerprint density at radius 3 is 2.50 bits per heavy atom. The molecule has 3 aliphatic rings. The maximum Gasteiger partial charge on any atom is 0.191 e. The van der Waals surface area contributed by atoms with Crippen LogP contribution in [-0.4, -0.2) is 50.1 Å². The van der Waals surface area contributed by atoms with Crippen LogP contribution in [0.15, 0.2) is 4.99 Å². The molecule has 3 unspecified atom stereocenters. The Balaban J connectivity index is 0.00000176. The highest BCUT2D eigenvalue weighted by molar-refractivity contribution is 14.0. The molecule has 0 radical (unpaired) electrons. The molecule has 3 atom stereocenters. The number of nitrogens with zero attached hydrogens (tertiary/aromatic N) is 2. The fourth-order valence-electron chi connectivity index (χ4n) is 4.33. The van der Waals surface area contributed by atoms with Crippen LogP contribution in [0.4, 0.5) is 0 Å². The Kier molecular flexibility index (Phi) is 7.74. The summed E-state index contributed by atoms with van der Waals surface area (Å²) in [6, 6.07) is 0.638. The summed E-state index contributed by atoms with van der Waals surface area (Å²) in [5.74, 6) is 3.01. The monoisotopic (exact) mass is 420 g/mol. The summed E-state index contributed by atoms with van der Waals surface area (Å²) in [6.45, 7) is 4.72. The van der Waals surface area contributed by atoms with Gasteiger partial charge in [0, 0.05) is 26.2 Å². The van der Waals surface area contributed by atoms with E-state index in [9.17, 15) is 0 Å². The molecule has 0 aromatic rings. The van der Waals surface area contributed by atoms with Gasteiger partial charge in [0.1, 0.15) is 0 Å². The maximum atomic E-state index is 4.40. The molecule has 2 N–H and O–H groups in total. The zero-order valence-corrected chi connectivity index (χ0v) is 16.4. The molecule has 2 aliphatic carbocycles. The van der Waals surface area contributed by atoms with Gasteiger partial charge in [0.25, 0.3) is 0 Å². The van der Waals surface area contributed by atoms with Crippen LogP contribution in [0.25, 0.3) is 0 Å². The number of rotatable bonds is 4. The van der Waals surface area contributed by atoms with Gasteiger partial charge >= 0.3 is 0 Å². The van der Waals surface area contributed by atoms with Gasteiger partial charge in [-0.05, 0) is 50.6 Å². The predicted octanol–water partition coefficient (Wildman–Crippen LogP) is 2.83. The summed E-state index contributed by atoms with van der Waals surface area (Å²) in [5.41, 5.74) is 0. The fourth-order valence-corrected chi connectivity index (χ4v) is 4.33. The van der Waals surface area contributed by atoms with Crippen molar-refractivity contribution in [2.45, 2.75) is 57.4 Å². The van der Waals surface area contributed by atoms with E-state index in [2.05, 4.69) is 20.5 Å². The Hall–Kier alpha value is -0.0400. The normalized spacial score (nSPS) is 32.4. The molecule has 2 saturated carbocycles. The van der Waals surface area contributed by atoms with E-state index in [0.717, 1.165) is 30.9 Å². The first-order valence-electron chi connectivity index (χ1n) is 9.04. The summed E-state index contributed by atoms with van der Waals surface area (Å²) in [6.07, 6.45) is 11.4. The van der Waals surface area contributed by atoms with Crippen LogP contribution < -0.4 is 10.6 Å². The SMILES string of the molecule is CN=C(NCCN1CCC1)NC1CCC2CCCCC2C1.I. The van der Waals surface area contributed by atoms with E-state index < -0.39 is 0 Å². The van der Waals surface area contributed by atoms with E-state index in [1.165, 1.54) is 64.5 Å². The van der Waals surface area contributed by atoms with Crippen LogP contribution in [0.1, 0.15) is 51.4 Å². The van der Waals surface area contributed by atoms with E-state index in [4.69, 9.17) is 0 Å². The average molecular weight is 420 g/mol. The first kappa shape index (κ1) is 18.3. The highest BCUT2D eigenvalue weighted by Crippen LogP contribution is 2.40. The third-order valence-electron chi connectivity index (χ3n) is 5.77. The molecular formula is C17H33IN4. The van der Waals surface area contributed by atoms with Crippen molar-refractivity contribution in [1.29, 1.82) is 0 Å². The van der Waals surface area contributed by atoms with Gasteiger partial charge in [0.15, 0.2) is 5.96 Å². The van der Waals surface area contributed by atoms with Gasteiger partial charge < -0.3 is 15.5 Å². The molecule has 5 heteroatoms. The molecule has 0 spiro atoms. The highest BCUT2D eigenvalue weighted by Gasteiger charge is 2.32. The quantitative estimate of drug-likeness (QED) is 0.418. The van der Waals surface area contributed by atoms with E-state index in [1.807, 2.05) is 7.05 Å². The maximum absolute atomic E-state index is 4.40. The predicted molar refractivity (Wildman–Crippen MR) is 104 cm³/mol. The smallest absolute Gasteiger partial charge is 0.191 e.